The van der Waals surface area contributed by atoms with Crippen LogP contribution in [-0.4, -0.2) is 37.2 Å². The first-order chi connectivity index (χ1) is 31.0. The molecule has 6 nitrogen and oxygen atoms in total. The molecule has 6 heteroatoms. The first-order valence-corrected chi connectivity index (χ1v) is 27.1. The first kappa shape index (κ1) is 60.4. The molecular formula is C57H102O6. The molecule has 0 N–H and O–H groups in total. The van der Waals surface area contributed by atoms with E-state index >= 15 is 0 Å². The summed E-state index contributed by atoms with van der Waals surface area (Å²) < 4.78 is 16.8. The molecule has 0 aromatic heterocycles. The number of hydrogen-bond acceptors (Lipinski definition) is 6. The van der Waals surface area contributed by atoms with Crippen molar-refractivity contribution in [2.75, 3.05) is 13.2 Å². The standard InChI is InChI=1S/C57H102O6/c1-4-7-10-13-16-19-22-25-28-31-34-37-40-43-46-49-55(58)61-52-54(63-57(60)51-48-45-42-39-36-33-30-27-24-21-18-15-12-9-6-3)53-62-56(59)50-47-44-41-38-35-32-29-26-23-20-17-14-11-8-5-2/h7,10,16,19,25,28,34,37,54H,4-6,8-9,11-15,17-18,20-24,26-27,29-33,35-36,38-53H2,1-3H3/b10-7-,19-16-,28-25-,37-34-/t54-/m0/s1. The van der Waals surface area contributed by atoms with E-state index in [4.69, 9.17) is 14.2 Å². The van der Waals surface area contributed by atoms with E-state index in [1.54, 1.807) is 0 Å². The van der Waals surface area contributed by atoms with Gasteiger partial charge in [0.05, 0.1) is 0 Å². The van der Waals surface area contributed by atoms with E-state index in [1.807, 2.05) is 0 Å². The van der Waals surface area contributed by atoms with Crippen molar-refractivity contribution < 1.29 is 28.6 Å². The Bertz CT molecular complexity index is 1110. The average molecular weight is 883 g/mol. The summed E-state index contributed by atoms with van der Waals surface area (Å²) >= 11 is 0. The lowest BCUT2D eigenvalue weighted by Gasteiger charge is -2.18. The maximum Gasteiger partial charge on any atom is 0.306 e. The van der Waals surface area contributed by atoms with Crippen molar-refractivity contribution in [3.05, 3.63) is 48.6 Å². The Kier molecular flexibility index (Phi) is 49.8. The van der Waals surface area contributed by atoms with Crippen molar-refractivity contribution in [3.8, 4) is 0 Å². The molecule has 0 fully saturated rings. The van der Waals surface area contributed by atoms with Crippen molar-refractivity contribution in [3.63, 3.8) is 0 Å². The highest BCUT2D eigenvalue weighted by Crippen LogP contribution is 2.16. The fraction of sp³-hybridized carbons (Fsp3) is 0.807. The lowest BCUT2D eigenvalue weighted by Crippen LogP contribution is -2.30. The van der Waals surface area contributed by atoms with Crippen LogP contribution in [0.25, 0.3) is 0 Å². The van der Waals surface area contributed by atoms with Crippen molar-refractivity contribution in [2.24, 2.45) is 0 Å². The van der Waals surface area contributed by atoms with Crippen molar-refractivity contribution >= 4 is 17.9 Å². The van der Waals surface area contributed by atoms with Crippen LogP contribution >= 0.6 is 0 Å². The molecule has 0 spiro atoms. The van der Waals surface area contributed by atoms with E-state index in [-0.39, 0.29) is 31.1 Å². The van der Waals surface area contributed by atoms with E-state index < -0.39 is 6.10 Å². The number of esters is 3. The van der Waals surface area contributed by atoms with Gasteiger partial charge in [-0.15, -0.1) is 0 Å². The molecule has 1 atom stereocenters. The van der Waals surface area contributed by atoms with Crippen LogP contribution in [0.4, 0.5) is 0 Å². The Hall–Kier alpha value is -2.63. The quantitative estimate of drug-likeness (QED) is 0.0262. The SMILES string of the molecule is CC/C=C\C/C=C\C/C=C\C/C=C\CCCCC(=O)OC[C@@H](COC(=O)CCCCCCCCCCCCCCCCC)OC(=O)CCCCCCCCCCCCCCCCC. The molecule has 0 radical (unpaired) electrons. The van der Waals surface area contributed by atoms with Crippen LogP contribution in [-0.2, 0) is 28.6 Å². The van der Waals surface area contributed by atoms with Gasteiger partial charge in [-0.3, -0.25) is 14.4 Å². The topological polar surface area (TPSA) is 78.9 Å². The zero-order valence-electron chi connectivity index (χ0n) is 41.8. The molecule has 0 unspecified atom stereocenters. The highest BCUT2D eigenvalue weighted by Gasteiger charge is 2.19. The summed E-state index contributed by atoms with van der Waals surface area (Å²) in [4.78, 5) is 38.0. The number of carbonyl (C=O) groups excluding carboxylic acids is 3. The lowest BCUT2D eigenvalue weighted by atomic mass is 10.0. The van der Waals surface area contributed by atoms with E-state index in [2.05, 4.69) is 69.4 Å². The summed E-state index contributed by atoms with van der Waals surface area (Å²) in [6, 6.07) is 0. The predicted molar refractivity (Wildman–Crippen MR) is 270 cm³/mol. The zero-order chi connectivity index (χ0) is 45.8. The van der Waals surface area contributed by atoms with Gasteiger partial charge in [-0.05, 0) is 57.8 Å². The Morgan fingerprint density at radius 3 is 0.968 bits per heavy atom. The van der Waals surface area contributed by atoms with Crippen molar-refractivity contribution in [1.29, 1.82) is 0 Å². The number of hydrogen-bond donors (Lipinski definition) is 0. The molecule has 63 heavy (non-hydrogen) atoms. The third-order valence-electron chi connectivity index (χ3n) is 11.8. The minimum absolute atomic E-state index is 0.0821. The van der Waals surface area contributed by atoms with Gasteiger partial charge >= 0.3 is 17.9 Å². The second-order valence-corrected chi connectivity index (χ2v) is 18.1. The van der Waals surface area contributed by atoms with Crippen LogP contribution in [0.1, 0.15) is 278 Å². The molecule has 366 valence electrons. The third-order valence-corrected chi connectivity index (χ3v) is 11.8. The highest BCUT2D eigenvalue weighted by atomic mass is 16.6. The van der Waals surface area contributed by atoms with E-state index in [0.717, 1.165) is 83.5 Å². The molecular weight excluding hydrogens is 781 g/mol. The first-order valence-electron chi connectivity index (χ1n) is 27.1. The van der Waals surface area contributed by atoms with E-state index in [1.165, 1.54) is 154 Å². The van der Waals surface area contributed by atoms with E-state index in [9.17, 15) is 14.4 Å². The second-order valence-electron chi connectivity index (χ2n) is 18.1. The Labute approximate surface area is 390 Å². The fourth-order valence-corrected chi connectivity index (χ4v) is 7.79. The monoisotopic (exact) mass is 883 g/mol. The summed E-state index contributed by atoms with van der Waals surface area (Å²) in [5, 5.41) is 0. The van der Waals surface area contributed by atoms with Crippen LogP contribution in [0, 0.1) is 0 Å². The molecule has 0 aromatic rings. The van der Waals surface area contributed by atoms with Gasteiger partial charge in [0.1, 0.15) is 13.2 Å². The van der Waals surface area contributed by atoms with Gasteiger partial charge in [-0.2, -0.15) is 0 Å². The van der Waals surface area contributed by atoms with Gasteiger partial charge in [0.2, 0.25) is 0 Å². The van der Waals surface area contributed by atoms with Gasteiger partial charge in [-0.25, -0.2) is 0 Å². The summed E-state index contributed by atoms with van der Waals surface area (Å²) in [6.45, 7) is 6.52. The molecule has 0 aliphatic carbocycles. The molecule has 0 aliphatic heterocycles. The maximum atomic E-state index is 12.8. The van der Waals surface area contributed by atoms with Crippen molar-refractivity contribution in [1.82, 2.24) is 0 Å². The number of allylic oxidation sites excluding steroid dienone is 8. The minimum Gasteiger partial charge on any atom is -0.462 e. The largest absolute Gasteiger partial charge is 0.462 e. The Morgan fingerprint density at radius 1 is 0.333 bits per heavy atom. The molecule has 0 aromatic carbocycles. The number of ether oxygens (including phenoxy) is 3. The number of rotatable bonds is 49. The molecule has 0 aliphatic rings. The fourth-order valence-electron chi connectivity index (χ4n) is 7.79. The van der Waals surface area contributed by atoms with Crippen LogP contribution < -0.4 is 0 Å². The summed E-state index contributed by atoms with van der Waals surface area (Å²) in [6.07, 6.45) is 62.4. The lowest BCUT2D eigenvalue weighted by molar-refractivity contribution is -0.167. The Morgan fingerprint density at radius 2 is 0.619 bits per heavy atom. The third kappa shape index (κ3) is 50.2. The minimum atomic E-state index is -0.785. The molecule has 0 rings (SSSR count). The molecule has 0 saturated carbocycles. The van der Waals surface area contributed by atoms with Gasteiger partial charge in [0, 0.05) is 19.3 Å². The second kappa shape index (κ2) is 52.0. The van der Waals surface area contributed by atoms with Crippen LogP contribution in [0.15, 0.2) is 48.6 Å². The summed E-state index contributed by atoms with van der Waals surface area (Å²) in [7, 11) is 0. The van der Waals surface area contributed by atoms with E-state index in [0.29, 0.717) is 19.3 Å². The Balaban J connectivity index is 4.40. The molecule has 0 heterocycles. The van der Waals surface area contributed by atoms with Crippen LogP contribution in [0.2, 0.25) is 0 Å². The number of unbranched alkanes of at least 4 members (excludes halogenated alkanes) is 30. The predicted octanol–water partition coefficient (Wildman–Crippen LogP) is 17.9. The number of carbonyl (C=O) groups is 3. The maximum absolute atomic E-state index is 12.8. The molecule has 0 saturated heterocycles. The zero-order valence-corrected chi connectivity index (χ0v) is 41.8. The normalized spacial score (nSPS) is 12.4. The van der Waals surface area contributed by atoms with Gasteiger partial charge in [0.25, 0.3) is 0 Å². The highest BCUT2D eigenvalue weighted by molar-refractivity contribution is 5.71. The summed E-state index contributed by atoms with van der Waals surface area (Å²) in [5.74, 6) is -0.912. The molecule has 0 amide bonds. The van der Waals surface area contributed by atoms with Crippen molar-refractivity contribution in [2.45, 2.75) is 284 Å². The van der Waals surface area contributed by atoms with Crippen LogP contribution in [0.5, 0.6) is 0 Å². The molecule has 0 bridgehead atoms. The summed E-state index contributed by atoms with van der Waals surface area (Å²) in [5.41, 5.74) is 0. The van der Waals surface area contributed by atoms with Gasteiger partial charge in [0.15, 0.2) is 6.10 Å². The smallest absolute Gasteiger partial charge is 0.306 e. The van der Waals surface area contributed by atoms with Gasteiger partial charge in [-0.1, -0.05) is 249 Å². The van der Waals surface area contributed by atoms with Crippen LogP contribution in [0.3, 0.4) is 0 Å². The van der Waals surface area contributed by atoms with Gasteiger partial charge < -0.3 is 14.2 Å². The average Bonchev–Trinajstić information content (AvgIpc) is 3.28.